The second-order valence-corrected chi connectivity index (χ2v) is 2.57. The van der Waals surface area contributed by atoms with Crippen molar-refractivity contribution in [3.8, 4) is 0 Å². The Morgan fingerprint density at radius 1 is 1.07 bits per heavy atom. The van der Waals surface area contributed by atoms with Gasteiger partial charge in [0.25, 0.3) is 6.43 Å². The number of hydrogen-bond acceptors (Lipinski definition) is 2. The molecular weight excluding hydrogens is 198 g/mol. The van der Waals surface area contributed by atoms with Crippen LogP contribution >= 0.6 is 0 Å². The van der Waals surface area contributed by atoms with Crippen molar-refractivity contribution in [2.45, 2.75) is 20.3 Å². The maximum atomic E-state index is 12.4. The van der Waals surface area contributed by atoms with Gasteiger partial charge in [-0.1, -0.05) is 13.8 Å². The SMILES string of the molecule is CC.FC(F)c1nccc2ncccc12. The highest BCUT2D eigenvalue weighted by Gasteiger charge is 2.12. The number of pyridine rings is 2. The van der Waals surface area contributed by atoms with Crippen LogP contribution < -0.4 is 0 Å². The quantitative estimate of drug-likeness (QED) is 0.718. The molecule has 0 aliphatic heterocycles. The highest BCUT2D eigenvalue weighted by atomic mass is 19.3. The van der Waals surface area contributed by atoms with Crippen LogP contribution in [0.15, 0.2) is 30.6 Å². The molecule has 0 amide bonds. The fourth-order valence-corrected chi connectivity index (χ4v) is 1.20. The fourth-order valence-electron chi connectivity index (χ4n) is 1.20. The molecule has 2 heterocycles. The second-order valence-electron chi connectivity index (χ2n) is 2.57. The molecular formula is C11H12F2N2. The Morgan fingerprint density at radius 2 is 1.80 bits per heavy atom. The predicted octanol–water partition coefficient (Wildman–Crippen LogP) is 3.59. The van der Waals surface area contributed by atoms with Gasteiger partial charge in [-0.2, -0.15) is 0 Å². The Morgan fingerprint density at radius 3 is 2.47 bits per heavy atom. The monoisotopic (exact) mass is 210 g/mol. The van der Waals surface area contributed by atoms with Crippen LogP contribution in [-0.2, 0) is 0 Å². The lowest BCUT2D eigenvalue weighted by atomic mass is 10.2. The molecule has 15 heavy (non-hydrogen) atoms. The smallest absolute Gasteiger partial charge is 0.256 e. The standard InChI is InChI=1S/C9H6F2N2.C2H6/c10-9(11)8-6-2-1-4-12-7(6)3-5-13-8;1-2/h1-5,9H;1-2H3. The third kappa shape index (κ3) is 2.46. The number of aromatic nitrogens is 2. The summed E-state index contributed by atoms with van der Waals surface area (Å²) >= 11 is 0. The molecule has 2 nitrogen and oxygen atoms in total. The molecule has 0 N–H and O–H groups in total. The van der Waals surface area contributed by atoms with Crippen LogP contribution in [0.1, 0.15) is 26.0 Å². The number of halogens is 2. The Bertz CT molecular complexity index is 424. The topological polar surface area (TPSA) is 25.8 Å². The van der Waals surface area contributed by atoms with E-state index in [1.54, 1.807) is 24.4 Å². The van der Waals surface area contributed by atoms with Gasteiger partial charge >= 0.3 is 0 Å². The summed E-state index contributed by atoms with van der Waals surface area (Å²) in [6.07, 6.45) is 0.363. The first-order valence-electron chi connectivity index (χ1n) is 4.77. The first kappa shape index (κ1) is 11.5. The predicted molar refractivity (Wildman–Crippen MR) is 55.8 cm³/mol. The molecule has 80 valence electrons. The lowest BCUT2D eigenvalue weighted by Crippen LogP contribution is -1.91. The van der Waals surface area contributed by atoms with Crippen LogP contribution in [0, 0.1) is 0 Å². The highest BCUT2D eigenvalue weighted by molar-refractivity contribution is 5.80. The Kier molecular flexibility index (Phi) is 4.09. The van der Waals surface area contributed by atoms with Gasteiger partial charge in [-0.3, -0.25) is 9.97 Å². The minimum atomic E-state index is -2.55. The van der Waals surface area contributed by atoms with E-state index in [1.807, 2.05) is 13.8 Å². The van der Waals surface area contributed by atoms with Gasteiger partial charge in [-0.05, 0) is 18.2 Å². The van der Waals surface area contributed by atoms with Crippen molar-refractivity contribution in [1.29, 1.82) is 0 Å². The van der Waals surface area contributed by atoms with Crippen LogP contribution in [0.4, 0.5) is 8.78 Å². The van der Waals surface area contributed by atoms with E-state index in [1.165, 1.54) is 6.20 Å². The number of alkyl halides is 2. The second kappa shape index (κ2) is 5.34. The normalized spacial score (nSPS) is 9.93. The van der Waals surface area contributed by atoms with Crippen molar-refractivity contribution in [3.05, 3.63) is 36.3 Å². The summed E-state index contributed by atoms with van der Waals surface area (Å²) in [6, 6.07) is 4.83. The van der Waals surface area contributed by atoms with E-state index < -0.39 is 6.43 Å². The van der Waals surface area contributed by atoms with Crippen LogP contribution in [-0.4, -0.2) is 9.97 Å². The van der Waals surface area contributed by atoms with E-state index in [4.69, 9.17) is 0 Å². The third-order valence-electron chi connectivity index (χ3n) is 1.77. The lowest BCUT2D eigenvalue weighted by molar-refractivity contribution is 0.148. The summed E-state index contributed by atoms with van der Waals surface area (Å²) in [4.78, 5) is 7.57. The Hall–Kier alpha value is -1.58. The van der Waals surface area contributed by atoms with E-state index in [0.717, 1.165) is 0 Å². The minimum Gasteiger partial charge on any atom is -0.256 e. The van der Waals surface area contributed by atoms with Gasteiger partial charge in [0.05, 0.1) is 5.52 Å². The van der Waals surface area contributed by atoms with Gasteiger partial charge in [-0.15, -0.1) is 0 Å². The maximum absolute atomic E-state index is 12.4. The number of hydrogen-bond donors (Lipinski definition) is 0. The molecule has 2 aromatic rings. The molecule has 0 unspecified atom stereocenters. The Labute approximate surface area is 87.0 Å². The summed E-state index contributed by atoms with van der Waals surface area (Å²) in [5.41, 5.74) is 0.346. The van der Waals surface area contributed by atoms with Crippen LogP contribution in [0.2, 0.25) is 0 Å². The molecule has 0 saturated heterocycles. The fraction of sp³-hybridized carbons (Fsp3) is 0.273. The molecule has 0 aliphatic carbocycles. The molecule has 2 aromatic heterocycles. The Balaban J connectivity index is 0.000000531. The average molecular weight is 210 g/mol. The summed E-state index contributed by atoms with van der Waals surface area (Å²) < 4.78 is 24.8. The molecule has 0 atom stereocenters. The molecule has 0 radical (unpaired) electrons. The lowest BCUT2D eigenvalue weighted by Gasteiger charge is -2.02. The van der Waals surface area contributed by atoms with Gasteiger partial charge in [0.1, 0.15) is 5.69 Å². The van der Waals surface area contributed by atoms with E-state index in [-0.39, 0.29) is 5.69 Å². The molecule has 0 fully saturated rings. The molecule has 0 spiro atoms. The zero-order chi connectivity index (χ0) is 11.3. The van der Waals surface area contributed by atoms with E-state index in [0.29, 0.717) is 10.9 Å². The maximum Gasteiger partial charge on any atom is 0.281 e. The molecule has 0 saturated carbocycles. The number of fused-ring (bicyclic) bond motifs is 1. The summed E-state index contributed by atoms with van der Waals surface area (Å²) in [5.74, 6) is 0. The van der Waals surface area contributed by atoms with Crippen molar-refractivity contribution in [2.75, 3.05) is 0 Å². The van der Waals surface area contributed by atoms with Crippen LogP contribution in [0.5, 0.6) is 0 Å². The first-order valence-corrected chi connectivity index (χ1v) is 4.77. The minimum absolute atomic E-state index is 0.203. The zero-order valence-corrected chi connectivity index (χ0v) is 8.61. The van der Waals surface area contributed by atoms with Crippen molar-refractivity contribution in [3.63, 3.8) is 0 Å². The van der Waals surface area contributed by atoms with Crippen molar-refractivity contribution >= 4 is 10.9 Å². The number of nitrogens with zero attached hydrogens (tertiary/aromatic N) is 2. The average Bonchev–Trinajstić information content (AvgIpc) is 2.31. The first-order chi connectivity index (χ1) is 7.29. The van der Waals surface area contributed by atoms with E-state index in [2.05, 4.69) is 9.97 Å². The van der Waals surface area contributed by atoms with Gasteiger partial charge in [0, 0.05) is 17.8 Å². The van der Waals surface area contributed by atoms with E-state index in [9.17, 15) is 8.78 Å². The molecule has 0 bridgehead atoms. The number of rotatable bonds is 1. The summed E-state index contributed by atoms with van der Waals surface area (Å²) in [6.45, 7) is 4.00. The van der Waals surface area contributed by atoms with Gasteiger partial charge in [0.2, 0.25) is 0 Å². The molecule has 0 aliphatic rings. The van der Waals surface area contributed by atoms with Crippen LogP contribution in [0.3, 0.4) is 0 Å². The van der Waals surface area contributed by atoms with Crippen molar-refractivity contribution < 1.29 is 8.78 Å². The summed E-state index contributed by atoms with van der Waals surface area (Å²) in [7, 11) is 0. The molecule has 0 aromatic carbocycles. The van der Waals surface area contributed by atoms with Gasteiger partial charge in [0.15, 0.2) is 0 Å². The zero-order valence-electron chi connectivity index (χ0n) is 8.61. The molecule has 2 rings (SSSR count). The third-order valence-corrected chi connectivity index (χ3v) is 1.77. The summed E-state index contributed by atoms with van der Waals surface area (Å²) in [5, 5.41) is 0.417. The van der Waals surface area contributed by atoms with Crippen molar-refractivity contribution in [2.24, 2.45) is 0 Å². The molecule has 4 heteroatoms. The van der Waals surface area contributed by atoms with Gasteiger partial charge < -0.3 is 0 Å². The van der Waals surface area contributed by atoms with Crippen LogP contribution in [0.25, 0.3) is 10.9 Å². The van der Waals surface area contributed by atoms with Crippen molar-refractivity contribution in [1.82, 2.24) is 9.97 Å². The van der Waals surface area contributed by atoms with E-state index >= 15 is 0 Å². The largest absolute Gasteiger partial charge is 0.281 e. The highest BCUT2D eigenvalue weighted by Crippen LogP contribution is 2.23. The van der Waals surface area contributed by atoms with Gasteiger partial charge in [-0.25, -0.2) is 8.78 Å².